The fraction of sp³-hybridized carbons (Fsp3) is 0.500. The number of methoxy groups -OCH3 is 1. The predicted octanol–water partition coefficient (Wildman–Crippen LogP) is 2.40. The van der Waals surface area contributed by atoms with Crippen LogP contribution in [-0.2, 0) is 4.74 Å². The Morgan fingerprint density at radius 2 is 2.00 bits per heavy atom. The van der Waals surface area contributed by atoms with Crippen molar-refractivity contribution in [1.29, 1.82) is 0 Å². The maximum atomic E-state index is 9.29. The molecule has 0 spiro atoms. The van der Waals surface area contributed by atoms with Gasteiger partial charge in [-0.1, -0.05) is 18.5 Å². The standard InChI is InChI=1S/C12H18ClNO2/c1-9(8-16-2)12(7-15)14-11-5-3-10(13)4-6-11/h3-6,9,12,14-15H,7-8H2,1-2H3. The number of benzene rings is 1. The molecule has 0 aliphatic rings. The first-order valence-electron chi connectivity index (χ1n) is 5.29. The lowest BCUT2D eigenvalue weighted by Crippen LogP contribution is -2.33. The molecule has 4 heteroatoms. The summed E-state index contributed by atoms with van der Waals surface area (Å²) in [4.78, 5) is 0. The average Bonchev–Trinajstić information content (AvgIpc) is 2.28. The van der Waals surface area contributed by atoms with Crippen LogP contribution in [0.4, 0.5) is 5.69 Å². The second kappa shape index (κ2) is 6.74. The second-order valence-electron chi connectivity index (χ2n) is 3.87. The Kier molecular flexibility index (Phi) is 5.60. The first kappa shape index (κ1) is 13.3. The average molecular weight is 244 g/mol. The zero-order chi connectivity index (χ0) is 12.0. The summed E-state index contributed by atoms with van der Waals surface area (Å²) in [6, 6.07) is 7.41. The molecule has 0 aliphatic heterocycles. The minimum absolute atomic E-state index is 0.0128. The van der Waals surface area contributed by atoms with E-state index >= 15 is 0 Å². The summed E-state index contributed by atoms with van der Waals surface area (Å²) in [5.74, 6) is 0.241. The summed E-state index contributed by atoms with van der Waals surface area (Å²) in [7, 11) is 1.66. The van der Waals surface area contributed by atoms with Gasteiger partial charge in [-0.15, -0.1) is 0 Å². The van der Waals surface area contributed by atoms with Gasteiger partial charge in [0.05, 0.1) is 19.3 Å². The van der Waals surface area contributed by atoms with Crippen LogP contribution in [0, 0.1) is 5.92 Å². The number of halogens is 1. The molecule has 0 fully saturated rings. The van der Waals surface area contributed by atoms with Crippen molar-refractivity contribution in [2.45, 2.75) is 13.0 Å². The minimum atomic E-state index is -0.0128. The SMILES string of the molecule is COCC(C)C(CO)Nc1ccc(Cl)cc1. The highest BCUT2D eigenvalue weighted by Gasteiger charge is 2.15. The van der Waals surface area contributed by atoms with Crippen molar-refractivity contribution in [3.8, 4) is 0 Å². The molecular formula is C12H18ClNO2. The summed E-state index contributed by atoms with van der Waals surface area (Å²) >= 11 is 5.80. The first-order valence-corrected chi connectivity index (χ1v) is 5.67. The van der Waals surface area contributed by atoms with Crippen molar-refractivity contribution < 1.29 is 9.84 Å². The van der Waals surface area contributed by atoms with Crippen LogP contribution in [0.2, 0.25) is 5.02 Å². The smallest absolute Gasteiger partial charge is 0.0636 e. The third-order valence-corrected chi connectivity index (χ3v) is 2.76. The molecular weight excluding hydrogens is 226 g/mol. The molecule has 2 unspecified atom stereocenters. The number of hydrogen-bond acceptors (Lipinski definition) is 3. The minimum Gasteiger partial charge on any atom is -0.394 e. The molecule has 3 nitrogen and oxygen atoms in total. The van der Waals surface area contributed by atoms with Crippen molar-refractivity contribution in [1.82, 2.24) is 0 Å². The number of nitrogens with one attached hydrogen (secondary N) is 1. The van der Waals surface area contributed by atoms with Gasteiger partial charge in [0.25, 0.3) is 0 Å². The van der Waals surface area contributed by atoms with Gasteiger partial charge in [-0.05, 0) is 24.3 Å². The van der Waals surface area contributed by atoms with E-state index in [0.29, 0.717) is 11.6 Å². The summed E-state index contributed by atoms with van der Waals surface area (Å²) in [6.07, 6.45) is 0. The number of aliphatic hydroxyl groups excluding tert-OH is 1. The van der Waals surface area contributed by atoms with Crippen LogP contribution in [0.15, 0.2) is 24.3 Å². The number of rotatable bonds is 6. The lowest BCUT2D eigenvalue weighted by atomic mass is 10.0. The summed E-state index contributed by atoms with van der Waals surface area (Å²) in [5.41, 5.74) is 0.950. The van der Waals surface area contributed by atoms with Gasteiger partial charge >= 0.3 is 0 Å². The molecule has 2 N–H and O–H groups in total. The monoisotopic (exact) mass is 243 g/mol. The highest BCUT2D eigenvalue weighted by molar-refractivity contribution is 6.30. The van der Waals surface area contributed by atoms with Gasteiger partial charge in [-0.3, -0.25) is 0 Å². The zero-order valence-corrected chi connectivity index (χ0v) is 10.4. The van der Waals surface area contributed by atoms with E-state index in [1.54, 1.807) is 7.11 Å². The Morgan fingerprint density at radius 1 is 1.38 bits per heavy atom. The molecule has 0 saturated carbocycles. The molecule has 0 aromatic heterocycles. The van der Waals surface area contributed by atoms with Gasteiger partial charge in [0.2, 0.25) is 0 Å². The number of ether oxygens (including phenoxy) is 1. The molecule has 90 valence electrons. The van der Waals surface area contributed by atoms with E-state index in [2.05, 4.69) is 5.32 Å². The van der Waals surface area contributed by atoms with Crippen molar-refractivity contribution in [3.63, 3.8) is 0 Å². The van der Waals surface area contributed by atoms with Crippen LogP contribution in [0.5, 0.6) is 0 Å². The van der Waals surface area contributed by atoms with E-state index in [1.165, 1.54) is 0 Å². The summed E-state index contributed by atoms with van der Waals surface area (Å²) in [6.45, 7) is 2.73. The molecule has 1 rings (SSSR count). The predicted molar refractivity (Wildman–Crippen MR) is 67.0 cm³/mol. The Hall–Kier alpha value is -0.770. The Balaban J connectivity index is 2.59. The molecule has 2 atom stereocenters. The van der Waals surface area contributed by atoms with E-state index in [-0.39, 0.29) is 18.6 Å². The largest absolute Gasteiger partial charge is 0.394 e. The van der Waals surface area contributed by atoms with Crippen LogP contribution in [-0.4, -0.2) is 31.5 Å². The van der Waals surface area contributed by atoms with Crippen LogP contribution < -0.4 is 5.32 Å². The van der Waals surface area contributed by atoms with Gasteiger partial charge in [0.1, 0.15) is 0 Å². The highest BCUT2D eigenvalue weighted by atomic mass is 35.5. The van der Waals surface area contributed by atoms with Gasteiger partial charge in [0, 0.05) is 23.7 Å². The Morgan fingerprint density at radius 3 is 2.50 bits per heavy atom. The summed E-state index contributed by atoms with van der Waals surface area (Å²) in [5, 5.41) is 13.3. The van der Waals surface area contributed by atoms with E-state index in [4.69, 9.17) is 16.3 Å². The van der Waals surface area contributed by atoms with Crippen molar-refractivity contribution >= 4 is 17.3 Å². The second-order valence-corrected chi connectivity index (χ2v) is 4.31. The number of hydrogen-bond donors (Lipinski definition) is 2. The van der Waals surface area contributed by atoms with Gasteiger partial charge < -0.3 is 15.2 Å². The third-order valence-electron chi connectivity index (χ3n) is 2.51. The molecule has 0 bridgehead atoms. The van der Waals surface area contributed by atoms with Crippen molar-refractivity contribution in [2.75, 3.05) is 25.6 Å². The summed E-state index contributed by atoms with van der Waals surface area (Å²) < 4.78 is 5.07. The van der Waals surface area contributed by atoms with Crippen molar-refractivity contribution in [3.05, 3.63) is 29.3 Å². The molecule has 16 heavy (non-hydrogen) atoms. The van der Waals surface area contributed by atoms with E-state index < -0.39 is 0 Å². The fourth-order valence-electron chi connectivity index (χ4n) is 1.51. The maximum absolute atomic E-state index is 9.29. The number of anilines is 1. The first-order chi connectivity index (χ1) is 7.67. The van der Waals surface area contributed by atoms with Crippen molar-refractivity contribution in [2.24, 2.45) is 5.92 Å². The van der Waals surface area contributed by atoms with E-state index in [9.17, 15) is 5.11 Å². The lowest BCUT2D eigenvalue weighted by molar-refractivity contribution is 0.132. The van der Waals surface area contributed by atoms with Gasteiger partial charge in [-0.2, -0.15) is 0 Å². The number of aliphatic hydroxyl groups is 1. The zero-order valence-electron chi connectivity index (χ0n) is 9.61. The Bertz CT molecular complexity index is 302. The molecule has 1 aromatic carbocycles. The lowest BCUT2D eigenvalue weighted by Gasteiger charge is -2.23. The molecule has 0 radical (unpaired) electrons. The molecule has 0 amide bonds. The van der Waals surface area contributed by atoms with Crippen LogP contribution in [0.3, 0.4) is 0 Å². The van der Waals surface area contributed by atoms with Crippen LogP contribution in [0.1, 0.15) is 6.92 Å². The molecule has 0 aliphatic carbocycles. The van der Waals surface area contributed by atoms with E-state index in [0.717, 1.165) is 5.69 Å². The van der Waals surface area contributed by atoms with Gasteiger partial charge in [0.15, 0.2) is 0 Å². The maximum Gasteiger partial charge on any atom is 0.0636 e. The molecule has 1 aromatic rings. The van der Waals surface area contributed by atoms with E-state index in [1.807, 2.05) is 31.2 Å². The quantitative estimate of drug-likeness (QED) is 0.806. The normalized spacial score (nSPS) is 14.5. The molecule has 0 saturated heterocycles. The molecule has 0 heterocycles. The topological polar surface area (TPSA) is 41.5 Å². The Labute approximate surface area is 101 Å². The van der Waals surface area contributed by atoms with Gasteiger partial charge in [-0.25, -0.2) is 0 Å². The van der Waals surface area contributed by atoms with Crippen LogP contribution >= 0.6 is 11.6 Å². The van der Waals surface area contributed by atoms with Crippen LogP contribution in [0.25, 0.3) is 0 Å². The third kappa shape index (κ3) is 4.00. The highest BCUT2D eigenvalue weighted by Crippen LogP contribution is 2.16. The fourth-order valence-corrected chi connectivity index (χ4v) is 1.63.